The molecule has 6 heterocycles. The molecule has 9 N–H and O–H groups in total. The fourth-order valence-corrected chi connectivity index (χ4v) is 17.5. The van der Waals surface area contributed by atoms with Crippen LogP contribution in [0.15, 0.2) is 54.6 Å². The normalized spacial score (nSPS) is 36.3. The first-order chi connectivity index (χ1) is 36.3. The number of nitrogens with zero attached hydrogens (tertiary/aromatic N) is 2. The Morgan fingerprint density at radius 2 is 1.76 bits per heavy atom. The van der Waals surface area contributed by atoms with Crippen LogP contribution in [0, 0.1) is 11.8 Å². The Balaban J connectivity index is 0.593. The highest BCUT2D eigenvalue weighted by Gasteiger charge is 2.73. The van der Waals surface area contributed by atoms with Crippen molar-refractivity contribution in [3.05, 3.63) is 93.7 Å². The van der Waals surface area contributed by atoms with E-state index in [0.717, 1.165) is 77.1 Å². The Bertz CT molecular complexity index is 3030. The Kier molecular flexibility index (Phi) is 11.8. The number of ether oxygens (including phenoxy) is 4. The fraction of sp³-hybridized carbons (Fsp3) is 0.571. The summed E-state index contributed by atoms with van der Waals surface area (Å²) < 4.78 is 26.1. The van der Waals surface area contributed by atoms with Crippen LogP contribution in [0.1, 0.15) is 77.3 Å². The molecule has 5 aliphatic carbocycles. The number of nitrogens with one attached hydrogen (secondary N) is 3. The number of aliphatic hydroxyl groups excluding tert-OH is 4. The molecule has 4 aromatic rings. The number of anilines is 1. The SMILES string of the molecule is CN1CC[C@]23c4c5ccc(CCO)c4O[C@H]2[C@@H](O[C@@H]2O[C@H](C(=O)NCCSSCCC(=O)Nc4cccc6c7c([nH]c46)[C@@H]4Oc6c(O)ccc8c6[C@@]46CCN(CC4CC4)[C@H](C8)[C@]6(O)C7)[C@@H](O)[C@H](O)[C@H]2O)C=CC3[C@H]1C5. The van der Waals surface area contributed by atoms with E-state index >= 15 is 0 Å². The van der Waals surface area contributed by atoms with Gasteiger partial charge in [0.15, 0.2) is 30.0 Å². The number of hydrogen-bond acceptors (Lipinski definition) is 16. The predicted molar refractivity (Wildman–Crippen MR) is 280 cm³/mol. The van der Waals surface area contributed by atoms with Gasteiger partial charge in [-0.2, -0.15) is 0 Å². The Morgan fingerprint density at radius 1 is 0.933 bits per heavy atom. The van der Waals surface area contributed by atoms with E-state index in [2.05, 4.69) is 44.6 Å². The number of fused-ring (bicyclic) bond motifs is 4. The zero-order chi connectivity index (χ0) is 51.3. The first-order valence-corrected chi connectivity index (χ1v) is 29.4. The van der Waals surface area contributed by atoms with Crippen molar-refractivity contribution in [2.75, 3.05) is 56.7 Å². The quantitative estimate of drug-likeness (QED) is 0.0472. The smallest absolute Gasteiger partial charge is 0.252 e. The average molecular weight is 1060 g/mol. The number of carbonyl (C=O) groups excluding carboxylic acids is 2. The van der Waals surface area contributed by atoms with Crippen LogP contribution in [0.2, 0.25) is 0 Å². The third kappa shape index (κ3) is 7.18. The average Bonchev–Trinajstić information content (AvgIpc) is 4.12. The number of carbonyl (C=O) groups is 2. The molecule has 398 valence electrons. The van der Waals surface area contributed by atoms with Crippen LogP contribution in [0.5, 0.6) is 17.2 Å². The van der Waals surface area contributed by atoms with Crippen molar-refractivity contribution in [3.63, 3.8) is 0 Å². The van der Waals surface area contributed by atoms with Crippen LogP contribution in [0.25, 0.3) is 10.9 Å². The first kappa shape index (κ1) is 49.0. The molecule has 3 aromatic carbocycles. The summed E-state index contributed by atoms with van der Waals surface area (Å²) in [5, 5.41) is 74.3. The number of likely N-dealkylation sites (N-methyl/N-ethyl adjacent to an activating group) is 1. The van der Waals surface area contributed by atoms with Crippen molar-refractivity contribution < 1.29 is 59.2 Å². The van der Waals surface area contributed by atoms with E-state index in [0.29, 0.717) is 54.5 Å². The molecule has 3 saturated heterocycles. The van der Waals surface area contributed by atoms with Gasteiger partial charge in [-0.3, -0.25) is 14.5 Å². The van der Waals surface area contributed by atoms with Gasteiger partial charge in [-0.1, -0.05) is 64.1 Å². The van der Waals surface area contributed by atoms with Crippen LogP contribution in [0.3, 0.4) is 0 Å². The summed E-state index contributed by atoms with van der Waals surface area (Å²) in [5.41, 5.74) is 6.47. The van der Waals surface area contributed by atoms with Gasteiger partial charge >= 0.3 is 0 Å². The summed E-state index contributed by atoms with van der Waals surface area (Å²) in [6.07, 6.45) is 1.03. The number of phenols is 1. The van der Waals surface area contributed by atoms with E-state index in [9.17, 15) is 40.2 Å². The van der Waals surface area contributed by atoms with Crippen LogP contribution in [-0.2, 0) is 55.6 Å². The second kappa shape index (κ2) is 18.1. The van der Waals surface area contributed by atoms with Gasteiger partial charge in [0.1, 0.15) is 36.3 Å². The lowest BCUT2D eigenvalue weighted by atomic mass is 9.49. The molecule has 19 heteroatoms. The molecule has 17 nitrogen and oxygen atoms in total. The zero-order valence-corrected chi connectivity index (χ0v) is 43.4. The summed E-state index contributed by atoms with van der Waals surface area (Å²) in [5.74, 6) is 2.35. The van der Waals surface area contributed by atoms with Gasteiger partial charge in [0.2, 0.25) is 5.91 Å². The summed E-state index contributed by atoms with van der Waals surface area (Å²) in [6.45, 7) is 2.89. The van der Waals surface area contributed by atoms with Crippen molar-refractivity contribution in [2.24, 2.45) is 11.8 Å². The molecule has 14 atom stereocenters. The Hall–Kier alpha value is -4.38. The number of phenolic OH excluding ortho intramolecular Hbond substituents is 1. The van der Waals surface area contributed by atoms with Crippen LogP contribution >= 0.6 is 21.6 Å². The number of rotatable bonds is 15. The lowest BCUT2D eigenvalue weighted by Gasteiger charge is -2.62. The van der Waals surface area contributed by atoms with Gasteiger partial charge in [-0.15, -0.1) is 0 Å². The number of aliphatic hydroxyl groups is 5. The van der Waals surface area contributed by atoms with E-state index in [1.807, 2.05) is 36.4 Å². The third-order valence-electron chi connectivity index (χ3n) is 19.2. The molecule has 1 aromatic heterocycles. The fourth-order valence-electron chi connectivity index (χ4n) is 15.6. The largest absolute Gasteiger partial charge is 0.504 e. The van der Waals surface area contributed by atoms with Crippen LogP contribution in [-0.4, -0.2) is 169 Å². The minimum atomic E-state index is -1.72. The summed E-state index contributed by atoms with van der Waals surface area (Å²) in [4.78, 5) is 35.7. The maximum atomic E-state index is 13.6. The molecular weight excluding hydrogens is 999 g/mol. The monoisotopic (exact) mass is 1060 g/mol. The van der Waals surface area contributed by atoms with Crippen molar-refractivity contribution in [1.29, 1.82) is 0 Å². The van der Waals surface area contributed by atoms with Crippen LogP contribution in [0.4, 0.5) is 5.69 Å². The number of para-hydroxylation sites is 1. The molecule has 2 spiro atoms. The number of aromatic amines is 1. The molecule has 4 bridgehead atoms. The van der Waals surface area contributed by atoms with Crippen molar-refractivity contribution in [1.82, 2.24) is 20.1 Å². The number of benzene rings is 3. The molecule has 2 amide bonds. The van der Waals surface area contributed by atoms with E-state index < -0.39 is 71.4 Å². The molecular formula is C56H65N5O12S2. The molecule has 1 unspecified atom stereocenters. The van der Waals surface area contributed by atoms with E-state index in [1.54, 1.807) is 6.07 Å². The first-order valence-electron chi connectivity index (χ1n) is 26.9. The topological polar surface area (TPSA) is 239 Å². The van der Waals surface area contributed by atoms with Gasteiger partial charge in [0.25, 0.3) is 5.91 Å². The zero-order valence-electron chi connectivity index (χ0n) is 41.8. The molecule has 0 radical (unpaired) electrons. The minimum Gasteiger partial charge on any atom is -0.504 e. The standard InChI is InChI=1S/C56H65N5O12S2/c1-60-18-15-54-33-10-12-37(50(54)71-47-28(13-20-62)7-8-29(40(47)54)23-35(33)60)70-53-46(67)44(65)45(66)49(73-53)52(68)57-17-22-75-74-21-14-39(64)58-34-4-2-3-31-32-25-56(69)38-24-30-9-11-36(63)48-41(30)55(56,16-19-61(38)26-27-5-6-27)51(72-48)43(32)59-42(31)34/h2-4,7-12,27,33,35,37-38,44-46,49-51,53,59,62-63,65-67,69H,5-6,13-26H2,1H3,(H,57,68)(H,58,64)/t33?,35-,37+,38-,44+,45+,46-,49+,50+,51+,53-,54+,55+,56-/m1/s1. The Morgan fingerprint density at radius 3 is 2.60 bits per heavy atom. The highest BCUT2D eigenvalue weighted by atomic mass is 33.1. The number of aromatic nitrogens is 1. The third-order valence-corrected chi connectivity index (χ3v) is 21.6. The lowest BCUT2D eigenvalue weighted by Crippen LogP contribution is -2.74. The van der Waals surface area contributed by atoms with Gasteiger partial charge in [-0.05, 0) is 105 Å². The number of likely N-dealkylation sites (tertiary alicyclic amines) is 2. The Labute approximate surface area is 442 Å². The summed E-state index contributed by atoms with van der Waals surface area (Å²) >= 11 is 0. The summed E-state index contributed by atoms with van der Waals surface area (Å²) in [7, 11) is 5.13. The molecule has 4 fully saturated rings. The van der Waals surface area contributed by atoms with Crippen molar-refractivity contribution in [3.8, 4) is 17.2 Å². The van der Waals surface area contributed by atoms with E-state index in [4.69, 9.17) is 18.9 Å². The maximum Gasteiger partial charge on any atom is 0.252 e. The molecule has 14 rings (SSSR count). The molecule has 75 heavy (non-hydrogen) atoms. The lowest BCUT2D eigenvalue weighted by molar-refractivity contribution is -0.304. The van der Waals surface area contributed by atoms with E-state index in [1.165, 1.54) is 45.6 Å². The second-order valence-corrected chi connectivity index (χ2v) is 25.7. The van der Waals surface area contributed by atoms with Gasteiger partial charge in [-0.25, -0.2) is 0 Å². The molecule has 10 aliphatic rings. The predicted octanol–water partition coefficient (Wildman–Crippen LogP) is 3.27. The van der Waals surface area contributed by atoms with Gasteiger partial charge in [0, 0.05) is 84.0 Å². The van der Waals surface area contributed by atoms with Gasteiger partial charge < -0.3 is 70.1 Å². The summed E-state index contributed by atoms with van der Waals surface area (Å²) in [6, 6.07) is 13.9. The number of piperidine rings is 2. The number of hydrogen-bond donors (Lipinski definition) is 9. The van der Waals surface area contributed by atoms with Crippen molar-refractivity contribution >= 4 is 50.0 Å². The van der Waals surface area contributed by atoms with Gasteiger partial charge in [0.05, 0.1) is 27.9 Å². The van der Waals surface area contributed by atoms with Crippen LogP contribution < -0.4 is 20.1 Å². The van der Waals surface area contributed by atoms with E-state index in [-0.39, 0.29) is 49.2 Å². The highest BCUT2D eigenvalue weighted by molar-refractivity contribution is 8.76. The molecule has 5 aliphatic heterocycles. The number of aromatic hydroxyl groups is 1. The number of amides is 2. The maximum absolute atomic E-state index is 13.6. The molecule has 1 saturated carbocycles. The highest BCUT2D eigenvalue weighted by Crippen LogP contribution is 2.69. The second-order valence-electron chi connectivity index (χ2n) is 23.0. The minimum absolute atomic E-state index is 0.0187. The van der Waals surface area contributed by atoms with Crippen molar-refractivity contribution in [2.45, 2.75) is 135 Å². The number of H-pyrrole nitrogens is 1.